The molecule has 0 aliphatic heterocycles. The molecule has 0 aliphatic carbocycles. The number of Topliss-reactive ketones (excluding diaryl/α,β-unsaturated/α-hetero) is 1. The molecule has 1 aromatic carbocycles. The van der Waals surface area contributed by atoms with Crippen molar-refractivity contribution in [2.24, 2.45) is 5.92 Å². The number of anilines is 1. The Hall–Kier alpha value is -3.04. The van der Waals surface area contributed by atoms with E-state index in [0.717, 1.165) is 0 Å². The van der Waals surface area contributed by atoms with E-state index < -0.39 is 54.9 Å². The van der Waals surface area contributed by atoms with Gasteiger partial charge in [0, 0.05) is 0 Å². The minimum absolute atomic E-state index is 0.123. The van der Waals surface area contributed by atoms with Gasteiger partial charge in [0.25, 0.3) is 5.91 Å². The van der Waals surface area contributed by atoms with Crippen LogP contribution in [0.25, 0.3) is 0 Å². The maximum Gasteiger partial charge on any atom is 0.443 e. The highest BCUT2D eigenvalue weighted by molar-refractivity contribution is 5.94. The molecule has 8 nitrogen and oxygen atoms in total. The number of carbonyl (C=O) groups is 4. The third-order valence-corrected chi connectivity index (χ3v) is 3.45. The van der Waals surface area contributed by atoms with Gasteiger partial charge in [-0.1, -0.05) is 36.5 Å². The molecule has 0 saturated heterocycles. The second kappa shape index (κ2) is 10.2. The average molecular weight is 386 g/mol. The number of carboxylic acid groups (broad SMARTS) is 1. The zero-order valence-corrected chi connectivity index (χ0v) is 14.7. The van der Waals surface area contributed by atoms with E-state index in [2.05, 4.69) is 0 Å². The van der Waals surface area contributed by atoms with Crippen molar-refractivity contribution in [3.8, 4) is 0 Å². The Bertz CT molecular complexity index is 683. The molecule has 2 atom stereocenters. The first kappa shape index (κ1) is 22.0. The number of ether oxygens (including phenoxy) is 1. The van der Waals surface area contributed by atoms with E-state index in [1.165, 1.54) is 38.1 Å². The van der Waals surface area contributed by atoms with E-state index in [9.17, 15) is 28.0 Å². The third kappa shape index (κ3) is 6.65. The molecular formula is C17H20F2N2O6. The number of alkyl halides is 1. The molecule has 148 valence electrons. The summed E-state index contributed by atoms with van der Waals surface area (Å²) >= 11 is 0. The predicted molar refractivity (Wildman–Crippen MR) is 90.3 cm³/mol. The van der Waals surface area contributed by atoms with Gasteiger partial charge in [-0.2, -0.15) is 0 Å². The molecule has 0 heterocycles. The van der Waals surface area contributed by atoms with Crippen LogP contribution in [0.2, 0.25) is 0 Å². The summed E-state index contributed by atoms with van der Waals surface area (Å²) in [7, 11) is 0. The van der Waals surface area contributed by atoms with Crippen LogP contribution in [0, 0.1) is 5.92 Å². The van der Waals surface area contributed by atoms with Crippen molar-refractivity contribution < 1.29 is 37.9 Å². The number of halogens is 2. The van der Waals surface area contributed by atoms with E-state index in [4.69, 9.17) is 9.84 Å². The number of hydrogen-bond donors (Lipinski definition) is 2. The quantitative estimate of drug-likeness (QED) is 0.628. The van der Waals surface area contributed by atoms with Crippen molar-refractivity contribution in [1.82, 2.24) is 5.32 Å². The number of carbonyl (C=O) groups excluding carboxylic acids is 3. The lowest BCUT2D eigenvalue weighted by atomic mass is 10.0. The van der Waals surface area contributed by atoms with Crippen molar-refractivity contribution in [1.29, 1.82) is 0 Å². The van der Waals surface area contributed by atoms with Crippen LogP contribution in [0.1, 0.15) is 20.3 Å². The lowest BCUT2D eigenvalue weighted by molar-refractivity contribution is -0.141. The summed E-state index contributed by atoms with van der Waals surface area (Å²) in [5, 5.41) is 10.5. The maximum absolute atomic E-state index is 14.1. The fourth-order valence-corrected chi connectivity index (χ4v) is 2.08. The van der Waals surface area contributed by atoms with Gasteiger partial charge in [0.2, 0.25) is 0 Å². The highest BCUT2D eigenvalue weighted by Gasteiger charge is 2.33. The van der Waals surface area contributed by atoms with Crippen LogP contribution in [-0.4, -0.2) is 47.7 Å². The van der Waals surface area contributed by atoms with Gasteiger partial charge in [-0.05, 0) is 18.1 Å². The summed E-state index contributed by atoms with van der Waals surface area (Å²) in [4.78, 5) is 46.5. The summed E-state index contributed by atoms with van der Waals surface area (Å²) in [6.07, 6.45) is -3.84. The minimum atomic E-state index is -1.63. The fourth-order valence-electron chi connectivity index (χ4n) is 2.08. The molecule has 0 fully saturated rings. The first-order valence-electron chi connectivity index (χ1n) is 7.99. The van der Waals surface area contributed by atoms with Crippen molar-refractivity contribution in [2.45, 2.75) is 32.4 Å². The van der Waals surface area contributed by atoms with Crippen molar-refractivity contribution >= 4 is 29.4 Å². The molecule has 0 radical (unpaired) electrons. The smallest absolute Gasteiger partial charge is 0.443 e. The van der Waals surface area contributed by atoms with Crippen LogP contribution in [0.5, 0.6) is 0 Å². The molecule has 1 aromatic rings. The van der Waals surface area contributed by atoms with E-state index in [0.29, 0.717) is 0 Å². The molecule has 0 spiro atoms. The molecule has 10 heteroatoms. The highest BCUT2D eigenvalue weighted by atomic mass is 19.2. The summed E-state index contributed by atoms with van der Waals surface area (Å²) < 4.78 is 31.5. The molecule has 0 aliphatic rings. The van der Waals surface area contributed by atoms with Crippen molar-refractivity contribution in [3.63, 3.8) is 0 Å². The van der Waals surface area contributed by atoms with Gasteiger partial charge >= 0.3 is 12.1 Å². The Morgan fingerprint density at radius 3 is 2.26 bits per heavy atom. The van der Waals surface area contributed by atoms with Crippen molar-refractivity contribution in [3.05, 3.63) is 30.3 Å². The van der Waals surface area contributed by atoms with Crippen molar-refractivity contribution in [2.75, 3.05) is 11.8 Å². The molecular weight excluding hydrogens is 366 g/mol. The molecule has 2 amide bonds. The number of ketones is 1. The monoisotopic (exact) mass is 386 g/mol. The number of nitrogens with zero attached hydrogens (tertiary/aromatic N) is 1. The highest BCUT2D eigenvalue weighted by Crippen LogP contribution is 2.17. The number of aliphatic carboxylic acids is 1. The Morgan fingerprint density at radius 1 is 1.19 bits per heavy atom. The Balaban J connectivity index is 2.87. The average Bonchev–Trinajstić information content (AvgIpc) is 2.63. The third-order valence-electron chi connectivity index (χ3n) is 3.45. The van der Waals surface area contributed by atoms with Gasteiger partial charge in [-0.15, -0.1) is 5.12 Å². The van der Waals surface area contributed by atoms with Crippen LogP contribution in [0.15, 0.2) is 30.3 Å². The molecule has 2 N–H and O–H groups in total. The Morgan fingerprint density at radius 2 is 1.78 bits per heavy atom. The van der Waals surface area contributed by atoms with Crippen LogP contribution in [-0.2, 0) is 19.1 Å². The minimum Gasteiger partial charge on any atom is -0.481 e. The molecule has 1 rings (SSSR count). The maximum atomic E-state index is 14.1. The van der Waals surface area contributed by atoms with Gasteiger partial charge in [-0.3, -0.25) is 14.4 Å². The molecule has 0 saturated carbocycles. The fraction of sp³-hybridized carbons (Fsp3) is 0.412. The van der Waals surface area contributed by atoms with Crippen LogP contribution < -0.4 is 10.4 Å². The molecule has 0 bridgehead atoms. The zero-order valence-electron chi connectivity index (χ0n) is 14.7. The van der Waals surface area contributed by atoms with Crippen LogP contribution >= 0.6 is 0 Å². The molecule has 1 unspecified atom stereocenters. The number of para-hydroxylation sites is 1. The van der Waals surface area contributed by atoms with Gasteiger partial charge < -0.3 is 15.2 Å². The second-order valence-electron chi connectivity index (χ2n) is 5.92. The number of rotatable bonds is 9. The van der Waals surface area contributed by atoms with Gasteiger partial charge in [0.1, 0.15) is 12.7 Å². The number of amides is 2. The van der Waals surface area contributed by atoms with Gasteiger partial charge in [0.05, 0.1) is 12.1 Å². The largest absolute Gasteiger partial charge is 0.481 e. The summed E-state index contributed by atoms with van der Waals surface area (Å²) in [6.45, 7) is 1.51. The second-order valence-corrected chi connectivity index (χ2v) is 5.92. The van der Waals surface area contributed by atoms with Crippen LogP contribution in [0.3, 0.4) is 0 Å². The SMILES string of the molecule is CC(C)[C@H](OC(=O)N(F)c1ccccc1)C(=O)NC(CC(=O)O)C(=O)CF. The first-order chi connectivity index (χ1) is 12.7. The van der Waals surface area contributed by atoms with E-state index in [-0.39, 0.29) is 10.8 Å². The normalized spacial score (nSPS) is 12.8. The predicted octanol–water partition coefficient (Wildman–Crippen LogP) is 2.04. The van der Waals surface area contributed by atoms with Gasteiger partial charge in [-0.25, -0.2) is 9.18 Å². The Kier molecular flexibility index (Phi) is 8.31. The van der Waals surface area contributed by atoms with E-state index in [1.807, 2.05) is 5.32 Å². The van der Waals surface area contributed by atoms with E-state index >= 15 is 0 Å². The molecule has 0 aromatic heterocycles. The van der Waals surface area contributed by atoms with E-state index in [1.54, 1.807) is 6.07 Å². The number of benzene rings is 1. The Labute approximate surface area is 154 Å². The van der Waals surface area contributed by atoms with Gasteiger partial charge in [0.15, 0.2) is 11.9 Å². The number of hydrogen-bond acceptors (Lipinski definition) is 5. The summed E-state index contributed by atoms with van der Waals surface area (Å²) in [5.41, 5.74) is -0.123. The zero-order chi connectivity index (χ0) is 20.6. The lowest BCUT2D eigenvalue weighted by Gasteiger charge is -2.24. The first-order valence-corrected chi connectivity index (χ1v) is 7.99. The molecule has 27 heavy (non-hydrogen) atoms. The topological polar surface area (TPSA) is 113 Å². The van der Waals surface area contributed by atoms with Crippen LogP contribution in [0.4, 0.5) is 19.4 Å². The number of carboxylic acids is 1. The summed E-state index contributed by atoms with van der Waals surface area (Å²) in [5.74, 6) is -4.24. The number of nitrogens with one attached hydrogen (secondary N) is 1. The lowest BCUT2D eigenvalue weighted by Crippen LogP contribution is -2.50. The standard InChI is InChI=1S/C17H20F2N2O6/c1-10(2)15(16(25)20-12(8-14(23)24)13(22)9-18)27-17(26)21(19)11-6-4-3-5-7-11/h3-7,10,12,15H,8-9H2,1-2H3,(H,20,25)(H,23,24)/t12?,15-/m0/s1. The summed E-state index contributed by atoms with van der Waals surface area (Å²) in [6, 6.07) is 5.55.